The van der Waals surface area contributed by atoms with E-state index in [4.69, 9.17) is 5.73 Å². The van der Waals surface area contributed by atoms with Crippen molar-refractivity contribution < 1.29 is 4.79 Å². The van der Waals surface area contributed by atoms with Crippen LogP contribution in [0.2, 0.25) is 0 Å². The van der Waals surface area contributed by atoms with Crippen LogP contribution in [-0.4, -0.2) is 29.4 Å². The molecule has 0 saturated carbocycles. The Balaban J connectivity index is 1.68. The first-order valence-electron chi connectivity index (χ1n) is 8.17. The van der Waals surface area contributed by atoms with E-state index in [-0.39, 0.29) is 6.04 Å². The van der Waals surface area contributed by atoms with Crippen molar-refractivity contribution in [3.8, 4) is 0 Å². The molecule has 0 bridgehead atoms. The maximum Gasteiger partial charge on any atom is 0.222 e. The van der Waals surface area contributed by atoms with Gasteiger partial charge >= 0.3 is 0 Å². The second kappa shape index (κ2) is 7.60. The molecule has 2 atom stereocenters. The van der Waals surface area contributed by atoms with Crippen LogP contribution in [0.25, 0.3) is 0 Å². The molecular weight excluding hydrogens is 260 g/mol. The van der Waals surface area contributed by atoms with E-state index < -0.39 is 0 Å². The Bertz CT molecular complexity index is 455. The zero-order valence-electron chi connectivity index (χ0n) is 13.3. The lowest BCUT2D eigenvalue weighted by Crippen LogP contribution is -2.48. The third-order valence-corrected chi connectivity index (χ3v) is 4.46. The standard InChI is InChI=1S/C18H28N2O/c1-14-7-9-16(10-8-14)5-3-4-6-18(21)20-12-11-17(19)13-15(20)2/h7-10,15,17H,3-6,11-13,19H2,1-2H3/t15-,17+/m0/s1. The summed E-state index contributed by atoms with van der Waals surface area (Å²) in [4.78, 5) is 14.3. The van der Waals surface area contributed by atoms with Crippen molar-refractivity contribution in [1.29, 1.82) is 0 Å². The van der Waals surface area contributed by atoms with Gasteiger partial charge in [0.15, 0.2) is 0 Å². The average Bonchev–Trinajstić information content (AvgIpc) is 2.45. The number of carbonyl (C=O) groups is 1. The van der Waals surface area contributed by atoms with Gasteiger partial charge in [-0.3, -0.25) is 4.79 Å². The maximum atomic E-state index is 12.3. The molecule has 116 valence electrons. The van der Waals surface area contributed by atoms with Crippen LogP contribution in [0.3, 0.4) is 0 Å². The summed E-state index contributed by atoms with van der Waals surface area (Å²) in [6.07, 6.45) is 5.67. The summed E-state index contributed by atoms with van der Waals surface area (Å²) >= 11 is 0. The first-order chi connectivity index (χ1) is 10.1. The fraction of sp³-hybridized carbons (Fsp3) is 0.611. The number of hydrogen-bond donors (Lipinski definition) is 1. The molecule has 1 heterocycles. The topological polar surface area (TPSA) is 46.3 Å². The number of likely N-dealkylation sites (tertiary alicyclic amines) is 1. The normalized spacial score (nSPS) is 22.3. The molecule has 0 spiro atoms. The Morgan fingerprint density at radius 1 is 1.29 bits per heavy atom. The number of unbranched alkanes of at least 4 members (excludes halogenated alkanes) is 1. The van der Waals surface area contributed by atoms with Crippen LogP contribution >= 0.6 is 0 Å². The van der Waals surface area contributed by atoms with Crippen molar-refractivity contribution in [3.05, 3.63) is 35.4 Å². The van der Waals surface area contributed by atoms with E-state index in [1.54, 1.807) is 0 Å². The maximum absolute atomic E-state index is 12.3. The van der Waals surface area contributed by atoms with Gasteiger partial charge in [0, 0.05) is 25.0 Å². The number of nitrogens with two attached hydrogens (primary N) is 1. The number of carbonyl (C=O) groups excluding carboxylic acids is 1. The molecule has 0 aromatic heterocycles. The van der Waals surface area contributed by atoms with Crippen molar-refractivity contribution in [2.24, 2.45) is 5.73 Å². The smallest absolute Gasteiger partial charge is 0.222 e. The summed E-state index contributed by atoms with van der Waals surface area (Å²) in [5.41, 5.74) is 8.61. The third kappa shape index (κ3) is 4.85. The van der Waals surface area contributed by atoms with Gasteiger partial charge in [-0.05, 0) is 51.5 Å². The van der Waals surface area contributed by atoms with Crippen molar-refractivity contribution in [2.45, 2.75) is 64.5 Å². The van der Waals surface area contributed by atoms with E-state index in [9.17, 15) is 4.79 Å². The van der Waals surface area contributed by atoms with Gasteiger partial charge in [-0.15, -0.1) is 0 Å². The molecule has 3 nitrogen and oxygen atoms in total. The van der Waals surface area contributed by atoms with Gasteiger partial charge < -0.3 is 10.6 Å². The van der Waals surface area contributed by atoms with Gasteiger partial charge in [0.05, 0.1) is 0 Å². The molecule has 0 unspecified atom stereocenters. The fourth-order valence-electron chi connectivity index (χ4n) is 3.08. The van der Waals surface area contributed by atoms with E-state index in [1.165, 1.54) is 11.1 Å². The largest absolute Gasteiger partial charge is 0.340 e. The summed E-state index contributed by atoms with van der Waals surface area (Å²) in [6, 6.07) is 9.25. The van der Waals surface area contributed by atoms with E-state index in [2.05, 4.69) is 38.1 Å². The summed E-state index contributed by atoms with van der Waals surface area (Å²) in [5, 5.41) is 0. The van der Waals surface area contributed by atoms with Gasteiger partial charge in [0.2, 0.25) is 5.91 Å². The Morgan fingerprint density at radius 3 is 2.67 bits per heavy atom. The van der Waals surface area contributed by atoms with Crippen LogP contribution in [0, 0.1) is 6.92 Å². The zero-order valence-corrected chi connectivity index (χ0v) is 13.3. The van der Waals surface area contributed by atoms with E-state index in [0.717, 1.165) is 38.6 Å². The molecule has 1 aromatic rings. The Kier molecular flexibility index (Phi) is 5.80. The molecule has 1 aromatic carbocycles. The molecule has 0 radical (unpaired) electrons. The zero-order chi connectivity index (χ0) is 15.2. The molecule has 1 aliphatic rings. The van der Waals surface area contributed by atoms with Crippen molar-refractivity contribution in [1.82, 2.24) is 4.90 Å². The van der Waals surface area contributed by atoms with Gasteiger partial charge in [-0.1, -0.05) is 29.8 Å². The van der Waals surface area contributed by atoms with Gasteiger partial charge in [0.25, 0.3) is 0 Å². The number of aryl methyl sites for hydroxylation is 2. The third-order valence-electron chi connectivity index (χ3n) is 4.46. The second-order valence-electron chi connectivity index (χ2n) is 6.41. The highest BCUT2D eigenvalue weighted by atomic mass is 16.2. The highest BCUT2D eigenvalue weighted by Crippen LogP contribution is 2.18. The predicted octanol–water partition coefficient (Wildman–Crippen LogP) is 3.05. The minimum absolute atomic E-state index is 0.269. The monoisotopic (exact) mass is 288 g/mol. The molecular formula is C18H28N2O. The summed E-state index contributed by atoms with van der Waals surface area (Å²) in [6.45, 7) is 5.05. The minimum atomic E-state index is 0.269. The van der Waals surface area contributed by atoms with E-state index in [1.807, 2.05) is 4.90 Å². The molecule has 1 aliphatic heterocycles. The van der Waals surface area contributed by atoms with Gasteiger partial charge in [0.1, 0.15) is 0 Å². The number of amides is 1. The first kappa shape index (κ1) is 16.0. The van der Waals surface area contributed by atoms with Gasteiger partial charge in [-0.2, -0.15) is 0 Å². The Morgan fingerprint density at radius 2 is 2.00 bits per heavy atom. The van der Waals surface area contributed by atoms with Crippen LogP contribution in [-0.2, 0) is 11.2 Å². The lowest BCUT2D eigenvalue weighted by molar-refractivity contribution is -0.134. The lowest BCUT2D eigenvalue weighted by Gasteiger charge is -2.36. The number of benzene rings is 1. The predicted molar refractivity (Wildman–Crippen MR) is 87.1 cm³/mol. The van der Waals surface area contributed by atoms with E-state index >= 15 is 0 Å². The summed E-state index contributed by atoms with van der Waals surface area (Å²) < 4.78 is 0. The van der Waals surface area contributed by atoms with Crippen LogP contribution in [0.1, 0.15) is 50.2 Å². The van der Waals surface area contributed by atoms with E-state index in [0.29, 0.717) is 18.4 Å². The first-order valence-corrected chi connectivity index (χ1v) is 8.17. The molecule has 2 N–H and O–H groups in total. The molecule has 1 amide bonds. The lowest BCUT2D eigenvalue weighted by atomic mass is 9.98. The fourth-order valence-corrected chi connectivity index (χ4v) is 3.08. The Labute approximate surface area is 128 Å². The summed E-state index contributed by atoms with van der Waals surface area (Å²) in [5.74, 6) is 0.304. The van der Waals surface area contributed by atoms with Crippen molar-refractivity contribution >= 4 is 5.91 Å². The second-order valence-corrected chi connectivity index (χ2v) is 6.41. The number of rotatable bonds is 5. The molecule has 21 heavy (non-hydrogen) atoms. The SMILES string of the molecule is Cc1ccc(CCCCC(=O)N2CC[C@@H](N)C[C@@H]2C)cc1. The Hall–Kier alpha value is -1.35. The molecule has 0 aliphatic carbocycles. The number of piperidine rings is 1. The van der Waals surface area contributed by atoms with Crippen molar-refractivity contribution in [3.63, 3.8) is 0 Å². The van der Waals surface area contributed by atoms with Crippen LogP contribution < -0.4 is 5.73 Å². The van der Waals surface area contributed by atoms with Crippen LogP contribution in [0.4, 0.5) is 0 Å². The molecule has 1 fully saturated rings. The number of nitrogens with zero attached hydrogens (tertiary/aromatic N) is 1. The van der Waals surface area contributed by atoms with Gasteiger partial charge in [-0.25, -0.2) is 0 Å². The summed E-state index contributed by atoms with van der Waals surface area (Å²) in [7, 11) is 0. The average molecular weight is 288 g/mol. The molecule has 3 heteroatoms. The highest BCUT2D eigenvalue weighted by molar-refractivity contribution is 5.76. The molecule has 2 rings (SSSR count). The van der Waals surface area contributed by atoms with Crippen LogP contribution in [0.15, 0.2) is 24.3 Å². The molecule has 1 saturated heterocycles. The highest BCUT2D eigenvalue weighted by Gasteiger charge is 2.26. The van der Waals surface area contributed by atoms with Crippen molar-refractivity contribution in [2.75, 3.05) is 6.54 Å². The van der Waals surface area contributed by atoms with Crippen LogP contribution in [0.5, 0.6) is 0 Å². The quantitative estimate of drug-likeness (QED) is 0.847. The number of hydrogen-bond acceptors (Lipinski definition) is 2. The minimum Gasteiger partial charge on any atom is -0.340 e.